The predicted molar refractivity (Wildman–Crippen MR) is 139 cm³/mol. The summed E-state index contributed by atoms with van der Waals surface area (Å²) in [5.41, 5.74) is 4.40. The van der Waals surface area contributed by atoms with Crippen molar-refractivity contribution in [2.75, 3.05) is 26.2 Å². The highest BCUT2D eigenvalue weighted by Crippen LogP contribution is 2.24. The van der Waals surface area contributed by atoms with Crippen LogP contribution in [0.2, 0.25) is 0 Å². The largest absolute Gasteiger partial charge is 0.243 e. The fourth-order valence-electron chi connectivity index (χ4n) is 3.30. The highest BCUT2D eigenvalue weighted by atomic mass is 32.2. The van der Waals surface area contributed by atoms with Gasteiger partial charge in [0.1, 0.15) is 0 Å². The second-order valence-corrected chi connectivity index (χ2v) is 12.2. The number of nitrogens with zero attached hydrogens (tertiary/aromatic N) is 2. The highest BCUT2D eigenvalue weighted by Gasteiger charge is 2.29. The topological polar surface area (TPSA) is 74.8 Å². The van der Waals surface area contributed by atoms with E-state index in [2.05, 4.69) is 13.2 Å². The molecule has 0 N–H and O–H groups in total. The van der Waals surface area contributed by atoms with Crippen molar-refractivity contribution in [3.05, 3.63) is 96.1 Å². The van der Waals surface area contributed by atoms with Crippen molar-refractivity contribution in [2.24, 2.45) is 0 Å². The van der Waals surface area contributed by atoms with Crippen molar-refractivity contribution in [2.45, 2.75) is 37.5 Å². The number of rotatable bonds is 8. The Morgan fingerprint density at radius 2 is 1.12 bits per heavy atom. The molecule has 34 heavy (non-hydrogen) atoms. The van der Waals surface area contributed by atoms with Gasteiger partial charge in [0, 0.05) is 26.2 Å². The molecule has 1 heterocycles. The summed E-state index contributed by atoms with van der Waals surface area (Å²) in [5.74, 6) is 0. The average molecular weight is 503 g/mol. The van der Waals surface area contributed by atoms with Gasteiger partial charge in [-0.2, -0.15) is 8.61 Å². The van der Waals surface area contributed by atoms with Gasteiger partial charge in [0.15, 0.2) is 0 Å². The van der Waals surface area contributed by atoms with Crippen LogP contribution < -0.4 is 0 Å². The van der Waals surface area contributed by atoms with Crippen LogP contribution in [0.15, 0.2) is 94.8 Å². The second kappa shape index (κ2) is 11.8. The Kier molecular flexibility index (Phi) is 9.58. The maximum atomic E-state index is 12.3. The van der Waals surface area contributed by atoms with Gasteiger partial charge in [-0.25, -0.2) is 16.8 Å². The number of hydrogen-bond donors (Lipinski definition) is 0. The normalized spacial score (nSPS) is 14.6. The summed E-state index contributed by atoms with van der Waals surface area (Å²) in [4.78, 5) is 0.678. The van der Waals surface area contributed by atoms with E-state index in [1.807, 2.05) is 39.8 Å². The molecular formula is C26H34N2O4S2. The van der Waals surface area contributed by atoms with E-state index in [9.17, 15) is 16.8 Å². The van der Waals surface area contributed by atoms with Crippen molar-refractivity contribution in [3.63, 3.8) is 0 Å². The van der Waals surface area contributed by atoms with E-state index in [4.69, 9.17) is 0 Å². The third-order valence-corrected chi connectivity index (χ3v) is 9.19. The molecule has 0 atom stereocenters. The van der Waals surface area contributed by atoms with Crippen LogP contribution in [0, 0.1) is 13.8 Å². The van der Waals surface area contributed by atoms with Gasteiger partial charge in [-0.1, -0.05) is 58.7 Å². The zero-order valence-corrected chi connectivity index (χ0v) is 22.0. The SMILES string of the molecule is C=CCN(CC=C)S(=O)(=O)c1ccc(C)cc1.CC1=C(C)CN(S(=O)(=O)c2ccc(C)cc2)C1. The second-order valence-electron chi connectivity index (χ2n) is 8.36. The van der Waals surface area contributed by atoms with Crippen molar-refractivity contribution >= 4 is 20.0 Å². The summed E-state index contributed by atoms with van der Waals surface area (Å²) in [6, 6.07) is 13.8. The molecule has 0 aromatic heterocycles. The molecule has 0 saturated carbocycles. The molecule has 3 rings (SSSR count). The third kappa shape index (κ3) is 6.76. The summed E-state index contributed by atoms with van der Waals surface area (Å²) in [7, 11) is -6.78. The molecule has 0 radical (unpaired) electrons. The summed E-state index contributed by atoms with van der Waals surface area (Å²) in [5, 5.41) is 0. The summed E-state index contributed by atoms with van der Waals surface area (Å²) >= 11 is 0. The number of hydrogen-bond acceptors (Lipinski definition) is 4. The molecule has 1 aliphatic heterocycles. The lowest BCUT2D eigenvalue weighted by atomic mass is 10.2. The minimum absolute atomic E-state index is 0.280. The van der Waals surface area contributed by atoms with E-state index in [-0.39, 0.29) is 13.1 Å². The fraction of sp³-hybridized carbons (Fsp3) is 0.308. The molecule has 2 aromatic rings. The van der Waals surface area contributed by atoms with Crippen LogP contribution >= 0.6 is 0 Å². The van der Waals surface area contributed by atoms with Crippen molar-refractivity contribution in [3.8, 4) is 0 Å². The summed E-state index contributed by atoms with van der Waals surface area (Å²) in [6.45, 7) is 16.6. The van der Waals surface area contributed by atoms with Crippen LogP contribution in [-0.4, -0.2) is 51.6 Å². The highest BCUT2D eigenvalue weighted by molar-refractivity contribution is 7.89. The minimum Gasteiger partial charge on any atom is -0.207 e. The predicted octanol–water partition coefficient (Wildman–Crippen LogP) is 4.69. The van der Waals surface area contributed by atoms with E-state index in [1.54, 1.807) is 48.6 Å². The van der Waals surface area contributed by atoms with E-state index < -0.39 is 20.0 Å². The van der Waals surface area contributed by atoms with Crippen molar-refractivity contribution in [1.29, 1.82) is 0 Å². The van der Waals surface area contributed by atoms with E-state index >= 15 is 0 Å². The van der Waals surface area contributed by atoms with Gasteiger partial charge >= 0.3 is 0 Å². The molecule has 0 unspecified atom stereocenters. The summed E-state index contributed by atoms with van der Waals surface area (Å²) in [6.07, 6.45) is 3.13. The fourth-order valence-corrected chi connectivity index (χ4v) is 6.19. The van der Waals surface area contributed by atoms with Gasteiger partial charge in [0.25, 0.3) is 0 Å². The van der Waals surface area contributed by atoms with E-state index in [0.29, 0.717) is 22.9 Å². The first-order chi connectivity index (χ1) is 15.9. The number of aryl methyl sites for hydroxylation is 2. The molecule has 1 aliphatic rings. The zero-order valence-electron chi connectivity index (χ0n) is 20.4. The van der Waals surface area contributed by atoms with Gasteiger partial charge in [-0.05, 0) is 52.0 Å². The molecule has 0 spiro atoms. The summed E-state index contributed by atoms with van der Waals surface area (Å²) < 4.78 is 52.0. The van der Waals surface area contributed by atoms with E-state index in [0.717, 1.165) is 22.3 Å². The van der Waals surface area contributed by atoms with Crippen LogP contribution in [-0.2, 0) is 20.0 Å². The van der Waals surface area contributed by atoms with Crippen LogP contribution in [0.25, 0.3) is 0 Å². The van der Waals surface area contributed by atoms with Crippen LogP contribution in [0.3, 0.4) is 0 Å². The molecule has 184 valence electrons. The van der Waals surface area contributed by atoms with Crippen LogP contribution in [0.5, 0.6) is 0 Å². The third-order valence-electron chi connectivity index (χ3n) is 5.54. The van der Waals surface area contributed by atoms with Gasteiger partial charge in [-0.15, -0.1) is 13.2 Å². The monoisotopic (exact) mass is 502 g/mol. The Bertz CT molecular complexity index is 1220. The standard InChI is InChI=1S/2C13H17NO2S/c1-10-4-6-13(7-5-10)17(15,16)14-8-11(2)12(3)9-14;1-4-10-14(11-5-2)17(15,16)13-8-6-12(3)7-9-13/h4-7H,8-9H2,1-3H3;4-9H,1-2,10-11H2,3H3. The van der Waals surface area contributed by atoms with Gasteiger partial charge < -0.3 is 0 Å². The van der Waals surface area contributed by atoms with Gasteiger partial charge in [0.05, 0.1) is 9.79 Å². The Balaban J connectivity index is 0.000000240. The lowest BCUT2D eigenvalue weighted by molar-refractivity contribution is 0.474. The van der Waals surface area contributed by atoms with Crippen LogP contribution in [0.4, 0.5) is 0 Å². The molecular weight excluding hydrogens is 468 g/mol. The Morgan fingerprint density at radius 1 is 0.735 bits per heavy atom. The van der Waals surface area contributed by atoms with Crippen LogP contribution in [0.1, 0.15) is 25.0 Å². The first-order valence-corrected chi connectivity index (χ1v) is 13.8. The van der Waals surface area contributed by atoms with Gasteiger partial charge in [0.2, 0.25) is 20.0 Å². The molecule has 2 aromatic carbocycles. The molecule has 0 bridgehead atoms. The molecule has 6 nitrogen and oxygen atoms in total. The molecule has 0 fully saturated rings. The minimum atomic E-state index is -3.45. The number of benzene rings is 2. The molecule has 8 heteroatoms. The van der Waals surface area contributed by atoms with Gasteiger partial charge in [-0.3, -0.25) is 0 Å². The maximum Gasteiger partial charge on any atom is 0.243 e. The maximum absolute atomic E-state index is 12.3. The first kappa shape index (κ1) is 27.7. The Morgan fingerprint density at radius 3 is 1.50 bits per heavy atom. The lowest BCUT2D eigenvalue weighted by Crippen LogP contribution is -2.31. The Hall–Kier alpha value is -2.52. The molecule has 0 saturated heterocycles. The lowest BCUT2D eigenvalue weighted by Gasteiger charge is -2.18. The van der Waals surface area contributed by atoms with Crippen molar-refractivity contribution < 1.29 is 16.8 Å². The van der Waals surface area contributed by atoms with Crippen molar-refractivity contribution in [1.82, 2.24) is 8.61 Å². The molecule has 0 aliphatic carbocycles. The van der Waals surface area contributed by atoms with E-state index in [1.165, 1.54) is 8.61 Å². The first-order valence-electron chi connectivity index (χ1n) is 10.9. The quantitative estimate of drug-likeness (QED) is 0.491. The molecule has 0 amide bonds. The smallest absolute Gasteiger partial charge is 0.207 e. The number of sulfonamides is 2. The zero-order chi connectivity index (χ0) is 25.5. The Labute approximate surface area is 205 Å². The average Bonchev–Trinajstić information content (AvgIpc) is 3.14.